The van der Waals surface area contributed by atoms with Crippen molar-refractivity contribution in [2.75, 3.05) is 13.1 Å². The van der Waals surface area contributed by atoms with Crippen molar-refractivity contribution in [1.82, 2.24) is 9.47 Å². The Morgan fingerprint density at radius 3 is 2.80 bits per heavy atom. The first-order valence-electron chi connectivity index (χ1n) is 9.06. The lowest BCUT2D eigenvalue weighted by Crippen LogP contribution is -2.55. The Kier molecular flexibility index (Phi) is 4.89. The summed E-state index contributed by atoms with van der Waals surface area (Å²) in [5.74, 6) is -0.876. The second-order valence-electron chi connectivity index (χ2n) is 7.48. The summed E-state index contributed by atoms with van der Waals surface area (Å²) in [6, 6.07) is 8.61. The number of aryl methyl sites for hydroxylation is 2. The number of piperidine rings is 1. The number of carboxylic acids is 1. The van der Waals surface area contributed by atoms with Crippen LogP contribution in [-0.4, -0.2) is 44.8 Å². The number of likely N-dealkylation sites (tertiary alicyclic amines) is 1. The van der Waals surface area contributed by atoms with E-state index in [2.05, 4.69) is 47.7 Å². The Balaban J connectivity index is 1.86. The Morgan fingerprint density at radius 1 is 1.36 bits per heavy atom. The number of rotatable bonds is 5. The molecule has 1 aliphatic rings. The first kappa shape index (κ1) is 18.0. The molecule has 25 heavy (non-hydrogen) atoms. The quantitative estimate of drug-likeness (QED) is 0.875. The Bertz CT molecular complexity index is 783. The van der Waals surface area contributed by atoms with Gasteiger partial charge in [-0.1, -0.05) is 25.0 Å². The zero-order chi connectivity index (χ0) is 18.2. The Hall–Kier alpha value is -1.85. The van der Waals surface area contributed by atoms with Gasteiger partial charge < -0.3 is 14.8 Å². The van der Waals surface area contributed by atoms with Gasteiger partial charge in [-0.05, 0) is 38.0 Å². The SMILES string of the molecule is CCC[C@@]1(C(=O)O)CN(Cc2cc3cc(C)ccc3n2C)CC[C@H]1O. The van der Waals surface area contributed by atoms with E-state index in [4.69, 9.17) is 0 Å². The number of aliphatic hydroxyl groups excluding tert-OH is 1. The van der Waals surface area contributed by atoms with Gasteiger partial charge in [0.15, 0.2) is 0 Å². The van der Waals surface area contributed by atoms with Gasteiger partial charge in [0.2, 0.25) is 0 Å². The summed E-state index contributed by atoms with van der Waals surface area (Å²) in [4.78, 5) is 14.1. The minimum absolute atomic E-state index is 0.401. The van der Waals surface area contributed by atoms with Gasteiger partial charge in [0.25, 0.3) is 0 Å². The van der Waals surface area contributed by atoms with Crippen LogP contribution in [0.3, 0.4) is 0 Å². The van der Waals surface area contributed by atoms with Crippen molar-refractivity contribution >= 4 is 16.9 Å². The average molecular weight is 344 g/mol. The summed E-state index contributed by atoms with van der Waals surface area (Å²) in [6.07, 6.45) is 1.00. The highest BCUT2D eigenvalue weighted by Gasteiger charge is 2.48. The van der Waals surface area contributed by atoms with Crippen LogP contribution < -0.4 is 0 Å². The monoisotopic (exact) mass is 344 g/mol. The van der Waals surface area contributed by atoms with Gasteiger partial charge in [-0.3, -0.25) is 9.69 Å². The van der Waals surface area contributed by atoms with E-state index in [0.29, 0.717) is 25.9 Å². The van der Waals surface area contributed by atoms with Crippen LogP contribution in [0, 0.1) is 12.3 Å². The highest BCUT2D eigenvalue weighted by atomic mass is 16.4. The molecule has 1 fully saturated rings. The van der Waals surface area contributed by atoms with Crippen LogP contribution in [0.25, 0.3) is 10.9 Å². The van der Waals surface area contributed by atoms with Gasteiger partial charge in [-0.2, -0.15) is 0 Å². The normalized spacial score (nSPS) is 24.7. The lowest BCUT2D eigenvalue weighted by Gasteiger charge is -2.43. The molecule has 0 amide bonds. The van der Waals surface area contributed by atoms with Crippen molar-refractivity contribution in [2.45, 2.75) is 45.8 Å². The maximum Gasteiger partial charge on any atom is 0.313 e. The van der Waals surface area contributed by atoms with E-state index in [1.54, 1.807) is 0 Å². The fraction of sp³-hybridized carbons (Fsp3) is 0.550. The number of fused-ring (bicyclic) bond motifs is 1. The standard InChI is InChI=1S/C20H28N2O3/c1-4-8-20(19(24)25)13-22(9-7-18(20)23)12-16-11-15-10-14(2)5-6-17(15)21(16)3/h5-6,10-11,18,23H,4,7-9,12-13H2,1-3H3,(H,24,25)/t18-,20-/m1/s1. The van der Waals surface area contributed by atoms with Crippen molar-refractivity contribution in [3.63, 3.8) is 0 Å². The van der Waals surface area contributed by atoms with Crippen LogP contribution in [0.5, 0.6) is 0 Å². The largest absolute Gasteiger partial charge is 0.481 e. The number of hydrogen-bond donors (Lipinski definition) is 2. The zero-order valence-electron chi connectivity index (χ0n) is 15.3. The molecule has 0 saturated carbocycles. The molecule has 1 aromatic heterocycles. The third-order valence-corrected chi connectivity index (χ3v) is 5.67. The molecule has 5 heteroatoms. The molecule has 5 nitrogen and oxygen atoms in total. The number of hydrogen-bond acceptors (Lipinski definition) is 3. The van der Waals surface area contributed by atoms with Gasteiger partial charge in [0, 0.05) is 43.3 Å². The molecule has 0 spiro atoms. The molecular formula is C20H28N2O3. The third-order valence-electron chi connectivity index (χ3n) is 5.67. The summed E-state index contributed by atoms with van der Waals surface area (Å²) >= 11 is 0. The predicted octanol–water partition coefficient (Wildman–Crippen LogP) is 2.92. The first-order chi connectivity index (χ1) is 11.9. The van der Waals surface area contributed by atoms with E-state index in [1.807, 2.05) is 6.92 Å². The van der Waals surface area contributed by atoms with Gasteiger partial charge in [-0.15, -0.1) is 0 Å². The van der Waals surface area contributed by atoms with E-state index in [0.717, 1.165) is 13.0 Å². The molecule has 1 aliphatic heterocycles. The molecule has 136 valence electrons. The molecule has 1 saturated heterocycles. The predicted molar refractivity (Wildman–Crippen MR) is 98.5 cm³/mol. The van der Waals surface area contributed by atoms with E-state index < -0.39 is 17.5 Å². The minimum Gasteiger partial charge on any atom is -0.481 e. The van der Waals surface area contributed by atoms with Gasteiger partial charge in [-0.25, -0.2) is 0 Å². The lowest BCUT2D eigenvalue weighted by molar-refractivity contribution is -0.164. The smallest absolute Gasteiger partial charge is 0.313 e. The number of nitrogens with zero attached hydrogens (tertiary/aromatic N) is 2. The van der Waals surface area contributed by atoms with E-state index in [-0.39, 0.29) is 0 Å². The van der Waals surface area contributed by atoms with E-state index in [1.165, 1.54) is 22.2 Å². The molecule has 2 heterocycles. The third kappa shape index (κ3) is 3.18. The molecule has 3 rings (SSSR count). The number of carbonyl (C=O) groups is 1. The highest BCUT2D eigenvalue weighted by Crippen LogP contribution is 2.36. The van der Waals surface area contributed by atoms with Gasteiger partial charge >= 0.3 is 5.97 Å². The summed E-state index contributed by atoms with van der Waals surface area (Å²) in [7, 11) is 2.06. The molecule has 1 aromatic carbocycles. The van der Waals surface area contributed by atoms with Crippen LogP contribution >= 0.6 is 0 Å². The topological polar surface area (TPSA) is 65.7 Å². The summed E-state index contributed by atoms with van der Waals surface area (Å²) < 4.78 is 2.18. The zero-order valence-corrected chi connectivity index (χ0v) is 15.3. The van der Waals surface area contributed by atoms with Gasteiger partial charge in [0.1, 0.15) is 5.41 Å². The molecule has 0 bridgehead atoms. The number of carboxylic acid groups (broad SMARTS) is 1. The number of aromatic nitrogens is 1. The van der Waals surface area contributed by atoms with Crippen molar-refractivity contribution in [2.24, 2.45) is 12.5 Å². The van der Waals surface area contributed by atoms with Crippen molar-refractivity contribution in [3.8, 4) is 0 Å². The number of benzene rings is 1. The molecule has 0 radical (unpaired) electrons. The molecule has 2 N–H and O–H groups in total. The van der Waals surface area contributed by atoms with Crippen LogP contribution in [-0.2, 0) is 18.4 Å². The Morgan fingerprint density at radius 2 is 2.12 bits per heavy atom. The fourth-order valence-electron chi connectivity index (χ4n) is 4.22. The lowest BCUT2D eigenvalue weighted by atomic mass is 9.74. The van der Waals surface area contributed by atoms with Crippen molar-refractivity contribution in [1.29, 1.82) is 0 Å². The van der Waals surface area contributed by atoms with E-state index in [9.17, 15) is 15.0 Å². The van der Waals surface area contributed by atoms with Crippen LogP contribution in [0.4, 0.5) is 0 Å². The van der Waals surface area contributed by atoms with Gasteiger partial charge in [0.05, 0.1) is 6.10 Å². The number of aliphatic hydroxyl groups is 1. The fourth-order valence-corrected chi connectivity index (χ4v) is 4.22. The maximum atomic E-state index is 11.9. The van der Waals surface area contributed by atoms with Crippen molar-refractivity contribution < 1.29 is 15.0 Å². The maximum absolute atomic E-state index is 11.9. The Labute approximate surface area is 148 Å². The molecule has 2 atom stereocenters. The number of aliphatic carboxylic acids is 1. The van der Waals surface area contributed by atoms with Crippen LogP contribution in [0.2, 0.25) is 0 Å². The second-order valence-corrected chi connectivity index (χ2v) is 7.48. The van der Waals surface area contributed by atoms with Crippen LogP contribution in [0.1, 0.15) is 37.4 Å². The second kappa shape index (κ2) is 6.81. The molecule has 0 aliphatic carbocycles. The highest BCUT2D eigenvalue weighted by molar-refractivity contribution is 5.82. The summed E-state index contributed by atoms with van der Waals surface area (Å²) in [6.45, 7) is 5.89. The molecule has 2 aromatic rings. The summed E-state index contributed by atoms with van der Waals surface area (Å²) in [5, 5.41) is 21.4. The average Bonchev–Trinajstić information content (AvgIpc) is 2.86. The molecular weight excluding hydrogens is 316 g/mol. The van der Waals surface area contributed by atoms with E-state index >= 15 is 0 Å². The first-order valence-corrected chi connectivity index (χ1v) is 9.06. The van der Waals surface area contributed by atoms with Crippen molar-refractivity contribution in [3.05, 3.63) is 35.5 Å². The van der Waals surface area contributed by atoms with Crippen LogP contribution in [0.15, 0.2) is 24.3 Å². The minimum atomic E-state index is -1.05. The molecule has 0 unspecified atom stereocenters. The summed E-state index contributed by atoms with van der Waals surface area (Å²) in [5.41, 5.74) is 2.55.